The van der Waals surface area contributed by atoms with E-state index in [2.05, 4.69) is 68.3 Å². The lowest BCUT2D eigenvalue weighted by Gasteiger charge is -2.39. The smallest absolute Gasteiger partial charge is 0.332 e. The number of fused-ring (bicyclic) bond motifs is 1. The van der Waals surface area contributed by atoms with Crippen LogP contribution >= 0.6 is 0 Å². The molecule has 1 N–H and O–H groups in total. The molecule has 2 aromatic carbocycles. The largest absolute Gasteiger partial charge is 0.340 e. The van der Waals surface area contributed by atoms with Crippen molar-refractivity contribution in [2.75, 3.05) is 31.1 Å². The normalized spacial score (nSPS) is 15.0. The number of aromatic nitrogens is 4. The summed E-state index contributed by atoms with van der Waals surface area (Å²) in [5.41, 5.74) is 2.57. The van der Waals surface area contributed by atoms with Crippen LogP contribution < -0.4 is 16.1 Å². The summed E-state index contributed by atoms with van der Waals surface area (Å²) in [6.07, 6.45) is 0. The highest BCUT2D eigenvalue weighted by atomic mass is 16.2. The molecule has 1 fully saturated rings. The minimum Gasteiger partial charge on any atom is -0.340 e. The van der Waals surface area contributed by atoms with E-state index in [1.165, 1.54) is 22.7 Å². The van der Waals surface area contributed by atoms with Gasteiger partial charge in [-0.3, -0.25) is 18.8 Å². The zero-order chi connectivity index (χ0) is 22.2. The van der Waals surface area contributed by atoms with Gasteiger partial charge in [-0.25, -0.2) is 4.79 Å². The van der Waals surface area contributed by atoms with Crippen LogP contribution in [-0.2, 0) is 14.1 Å². The summed E-state index contributed by atoms with van der Waals surface area (Å²) >= 11 is 0. The molecule has 5 rings (SSSR count). The minimum absolute atomic E-state index is 0.184. The number of aryl methyl sites for hydroxylation is 1. The number of anilines is 1. The fourth-order valence-electron chi connectivity index (χ4n) is 4.54. The van der Waals surface area contributed by atoms with E-state index in [4.69, 9.17) is 0 Å². The van der Waals surface area contributed by atoms with Crippen molar-refractivity contribution in [1.82, 2.24) is 24.0 Å². The van der Waals surface area contributed by atoms with Gasteiger partial charge in [0.25, 0.3) is 5.56 Å². The molecule has 1 aliphatic rings. The van der Waals surface area contributed by atoms with Gasteiger partial charge >= 0.3 is 5.69 Å². The summed E-state index contributed by atoms with van der Waals surface area (Å²) < 4.78 is 2.51. The first kappa shape index (κ1) is 20.3. The van der Waals surface area contributed by atoms with E-state index >= 15 is 0 Å². The summed E-state index contributed by atoms with van der Waals surface area (Å²) in [4.78, 5) is 37.1. The highest BCUT2D eigenvalue weighted by Gasteiger charge is 2.28. The fraction of sp³-hybridized carbons (Fsp3) is 0.292. The monoisotopic (exact) mass is 430 g/mol. The van der Waals surface area contributed by atoms with Crippen molar-refractivity contribution in [3.63, 3.8) is 0 Å². The molecule has 0 atom stereocenters. The molecule has 0 aliphatic carbocycles. The van der Waals surface area contributed by atoms with Crippen molar-refractivity contribution in [2.24, 2.45) is 14.1 Å². The van der Waals surface area contributed by atoms with Crippen molar-refractivity contribution in [3.05, 3.63) is 92.6 Å². The lowest BCUT2D eigenvalue weighted by molar-refractivity contribution is 0.211. The number of aromatic amines is 1. The van der Waals surface area contributed by atoms with E-state index in [0.717, 1.165) is 30.7 Å². The van der Waals surface area contributed by atoms with Gasteiger partial charge < -0.3 is 9.88 Å². The molecule has 0 spiro atoms. The number of nitrogens with one attached hydrogen (secondary N) is 1. The molecule has 0 amide bonds. The molecule has 1 saturated heterocycles. The van der Waals surface area contributed by atoms with Gasteiger partial charge in [-0.05, 0) is 11.1 Å². The van der Waals surface area contributed by atoms with Crippen LogP contribution in [0.25, 0.3) is 11.2 Å². The third-order valence-corrected chi connectivity index (χ3v) is 6.29. The molecule has 3 heterocycles. The first-order valence-electron chi connectivity index (χ1n) is 10.8. The molecule has 0 bridgehead atoms. The highest BCUT2D eigenvalue weighted by molar-refractivity contribution is 5.73. The third kappa shape index (κ3) is 3.42. The van der Waals surface area contributed by atoms with Crippen LogP contribution in [0.5, 0.6) is 0 Å². The standard InChI is InChI=1S/C24H26N6O2/c1-27-21-19(22(31)28(2)24(27)32)25-23(26-21)30-15-13-29(14-16-30)20(17-9-5-3-6-10-17)18-11-7-4-8-12-18/h3-12,20H,13-16H2,1-2H3,(H,25,26). The molecule has 164 valence electrons. The summed E-state index contributed by atoms with van der Waals surface area (Å²) in [7, 11) is 3.12. The second-order valence-corrected chi connectivity index (χ2v) is 8.21. The number of nitrogens with zero attached hydrogens (tertiary/aromatic N) is 5. The number of benzene rings is 2. The molecule has 0 unspecified atom stereocenters. The molecule has 1 aliphatic heterocycles. The van der Waals surface area contributed by atoms with E-state index in [-0.39, 0.29) is 17.3 Å². The predicted octanol–water partition coefficient (Wildman–Crippen LogP) is 1.87. The number of imidazole rings is 1. The summed E-state index contributed by atoms with van der Waals surface area (Å²) in [6.45, 7) is 3.24. The Balaban J connectivity index is 1.42. The molecule has 4 aromatic rings. The Labute approximate surface area is 185 Å². The van der Waals surface area contributed by atoms with Gasteiger partial charge in [0.2, 0.25) is 5.95 Å². The van der Waals surface area contributed by atoms with Crippen molar-refractivity contribution in [1.29, 1.82) is 0 Å². The van der Waals surface area contributed by atoms with E-state index in [1.807, 2.05) is 12.1 Å². The van der Waals surface area contributed by atoms with Gasteiger partial charge in [0.1, 0.15) is 0 Å². The molecule has 8 nitrogen and oxygen atoms in total. The van der Waals surface area contributed by atoms with Crippen LogP contribution in [0.15, 0.2) is 70.3 Å². The first-order chi connectivity index (χ1) is 15.5. The van der Waals surface area contributed by atoms with E-state index in [0.29, 0.717) is 17.1 Å². The van der Waals surface area contributed by atoms with Crippen molar-refractivity contribution >= 4 is 17.1 Å². The predicted molar refractivity (Wildman–Crippen MR) is 125 cm³/mol. The SMILES string of the molecule is Cn1c(=O)c2[nH]c(N3CCN(C(c4ccccc4)c4ccccc4)CC3)nc2n(C)c1=O. The average Bonchev–Trinajstić information content (AvgIpc) is 3.29. The maximum absolute atomic E-state index is 12.5. The van der Waals surface area contributed by atoms with E-state index in [9.17, 15) is 9.59 Å². The molecule has 32 heavy (non-hydrogen) atoms. The van der Waals surface area contributed by atoms with Crippen LogP contribution in [0.2, 0.25) is 0 Å². The topological polar surface area (TPSA) is 79.2 Å². The number of piperazine rings is 1. The summed E-state index contributed by atoms with van der Waals surface area (Å²) in [5, 5.41) is 0. The number of hydrogen-bond acceptors (Lipinski definition) is 5. The molecular formula is C24H26N6O2. The van der Waals surface area contributed by atoms with Gasteiger partial charge in [-0.2, -0.15) is 4.98 Å². The first-order valence-corrected chi connectivity index (χ1v) is 10.8. The third-order valence-electron chi connectivity index (χ3n) is 6.29. The number of hydrogen-bond donors (Lipinski definition) is 1. The lowest BCUT2D eigenvalue weighted by Crippen LogP contribution is -2.48. The summed E-state index contributed by atoms with van der Waals surface area (Å²) in [5.74, 6) is 0.633. The summed E-state index contributed by atoms with van der Waals surface area (Å²) in [6, 6.07) is 21.3. The Hall–Kier alpha value is -3.65. The highest BCUT2D eigenvalue weighted by Crippen LogP contribution is 2.30. The maximum atomic E-state index is 12.5. The van der Waals surface area contributed by atoms with Crippen molar-refractivity contribution in [3.8, 4) is 0 Å². The Morgan fingerprint density at radius 3 is 1.94 bits per heavy atom. The van der Waals surface area contributed by atoms with Gasteiger partial charge in [0.05, 0.1) is 6.04 Å². The van der Waals surface area contributed by atoms with Crippen LogP contribution in [0.4, 0.5) is 5.95 Å². The fourth-order valence-corrected chi connectivity index (χ4v) is 4.54. The average molecular weight is 431 g/mol. The van der Waals surface area contributed by atoms with E-state index in [1.54, 1.807) is 7.05 Å². The van der Waals surface area contributed by atoms with Crippen molar-refractivity contribution < 1.29 is 0 Å². The molecule has 8 heteroatoms. The van der Waals surface area contributed by atoms with Crippen LogP contribution in [0.1, 0.15) is 17.2 Å². The molecule has 0 radical (unpaired) electrons. The zero-order valence-corrected chi connectivity index (χ0v) is 18.2. The number of rotatable bonds is 4. The lowest BCUT2D eigenvalue weighted by atomic mass is 9.96. The van der Waals surface area contributed by atoms with E-state index < -0.39 is 0 Å². The molecular weight excluding hydrogens is 404 g/mol. The van der Waals surface area contributed by atoms with Crippen LogP contribution in [0.3, 0.4) is 0 Å². The quantitative estimate of drug-likeness (QED) is 0.535. The van der Waals surface area contributed by atoms with Crippen LogP contribution in [0, 0.1) is 0 Å². The van der Waals surface area contributed by atoms with Gasteiger partial charge in [-0.15, -0.1) is 0 Å². The second-order valence-electron chi connectivity index (χ2n) is 8.21. The van der Waals surface area contributed by atoms with Crippen LogP contribution in [-0.4, -0.2) is 50.2 Å². The maximum Gasteiger partial charge on any atom is 0.332 e. The van der Waals surface area contributed by atoms with Gasteiger partial charge in [-0.1, -0.05) is 60.7 Å². The van der Waals surface area contributed by atoms with Gasteiger partial charge in [0.15, 0.2) is 11.2 Å². The minimum atomic E-state index is -0.376. The van der Waals surface area contributed by atoms with Gasteiger partial charge in [0, 0.05) is 40.3 Å². The van der Waals surface area contributed by atoms with Crippen molar-refractivity contribution in [2.45, 2.75) is 6.04 Å². The Morgan fingerprint density at radius 1 is 0.812 bits per heavy atom. The Bertz CT molecular complexity index is 1310. The Kier molecular flexibility index (Phi) is 5.14. The second kappa shape index (κ2) is 8.12. The number of H-pyrrole nitrogens is 1. The molecule has 0 saturated carbocycles. The zero-order valence-electron chi connectivity index (χ0n) is 18.2. The molecule has 2 aromatic heterocycles. The Morgan fingerprint density at radius 2 is 1.38 bits per heavy atom.